The minimum atomic E-state index is -5.19. The van der Waals surface area contributed by atoms with Crippen LogP contribution in [-0.2, 0) is 33.6 Å². The zero-order valence-electron chi connectivity index (χ0n) is 95.5. The summed E-state index contributed by atoms with van der Waals surface area (Å²) in [5.74, 6) is 24.5. The molecule has 0 spiro atoms. The molecule has 0 heterocycles. The number of carbonyl (C=O) groups is 7. The van der Waals surface area contributed by atoms with E-state index in [2.05, 4.69) is 73.4 Å². The van der Waals surface area contributed by atoms with E-state index in [1.165, 1.54) is 218 Å². The monoisotopic (exact) mass is 2230 g/mol. The first-order valence-corrected chi connectivity index (χ1v) is 64.3. The summed E-state index contributed by atoms with van der Waals surface area (Å²) in [6.45, 7) is 29.7. The van der Waals surface area contributed by atoms with Crippen LogP contribution < -0.4 is 34.7 Å². The Balaban J connectivity index is 0.000000121. The van der Waals surface area contributed by atoms with Gasteiger partial charge in [-0.3, -0.25) is 28.8 Å². The maximum Gasteiger partial charge on any atom is 1.00 e. The number of aliphatic carboxylic acids is 1. The number of alkyl halides is 5. The first-order valence-electron chi connectivity index (χ1n) is 62.1. The van der Waals surface area contributed by atoms with Gasteiger partial charge in [0.1, 0.15) is 42.3 Å². The zero-order chi connectivity index (χ0) is 107. The van der Waals surface area contributed by atoms with Gasteiger partial charge in [0, 0.05) is 35.5 Å². The summed E-state index contributed by atoms with van der Waals surface area (Å²) in [6.07, 6.45) is 59.1. The minimum Gasteiger partial charge on any atom is -0.542 e. The predicted molar refractivity (Wildman–Crippen MR) is 582 cm³/mol. The summed E-state index contributed by atoms with van der Waals surface area (Å²) < 4.78 is 31.5. The first-order chi connectivity index (χ1) is 70.0. The average Bonchev–Trinajstić information content (AvgIpc) is 1.57. The van der Waals surface area contributed by atoms with Crippen molar-refractivity contribution in [2.24, 2.45) is 246 Å². The molecule has 0 aromatic carbocycles. The van der Waals surface area contributed by atoms with Gasteiger partial charge in [-0.05, 0) is 612 Å². The number of Topliss-reactive ketones (excluding diaryl/α,β-unsaturated/α-hetero) is 6. The molecule has 150 heavy (non-hydrogen) atoms. The number of carboxylic acids is 1. The van der Waals surface area contributed by atoms with Gasteiger partial charge in [0.15, 0.2) is 11.6 Å². The second-order valence-electron chi connectivity index (χ2n) is 60.6. The molecule has 0 unspecified atom stereocenters. The van der Waals surface area contributed by atoms with E-state index in [1.54, 1.807) is 0 Å². The van der Waals surface area contributed by atoms with Crippen molar-refractivity contribution >= 4 is 72.5 Å². The van der Waals surface area contributed by atoms with Crippen molar-refractivity contribution < 1.29 is 122 Å². The number of ketones is 6. The maximum atomic E-state index is 12.5. The standard InChI is InChI=1S/2C21H33BrO2.2C21H34O3.2C21H34O2.C2HF3O2.Na/c4*1-20(24)9-7-14-13(11-20)3-4-16-15(14)8-10-21(2)17(16)5-6-18(21)19(23)12-22;2*1-13(22)18-6-7-19-17-5-4-14-12-20(2,23)10-8-15(14)16(17)9-11-21(18,19)3;3-2(4,5)1(6)7;/h2*13-18,24H,3-12H2,1-2H3;2*13-18,22,24H,3-12H2,1-2H3;2*14-19,23H,4-12H2,1-3H3;(H,6,7);/q;;;;;;;+1/p-1/t13-,14-,15+,16+,17-,18+,20+,21-;13-,14-,15+,16+,17-,18+,20-,21-;13-,14-,15+,16+,17-,18+,20+,21-;13-,14-,15+,16+,17-,18+,20-,21-;14-,15-,16+,17+,18+,19-,20+,21+;14-,15-,16+,17+,18+,19-,20-,21+;;/m000000../s1. The molecule has 24 aliphatic carbocycles. The molecule has 24 fully saturated rings. The Bertz CT molecular complexity index is 4270. The molecule has 0 aliphatic heterocycles. The van der Waals surface area contributed by atoms with E-state index < -0.39 is 45.8 Å². The number of carbonyl (C=O) groups excluding carboxylic acids is 7. The molecular weight excluding hydrogens is 2030 g/mol. The Morgan fingerprint density at radius 1 is 0.240 bits per heavy atom. The van der Waals surface area contributed by atoms with Gasteiger partial charge in [-0.25, -0.2) is 0 Å². The SMILES string of the molecule is CC(=O)[C@H]1CC[C@H]2[C@@H]3CC[C@H]4C[C@@](C)(O)CC[C@@H]4[C@H]3CC[C@]12C.CC(=O)[C@H]1CC[C@H]2[C@@H]3CC[C@H]4C[C@](C)(O)CC[C@@H]4[C@H]3CC[C@]12C.C[C@@]1(O)CC[C@H]2[C@@H](CC[C@@H]3[C@@H]2CC[C@]2(C)[C@@H](C(=O)CBr)CC[C@@H]32)C1.C[C@@]1(O)CC[C@H]2[C@@H](CC[C@@H]3[C@@H]2CC[C@]2(C)[C@@H](C(=O)CO)CC[C@@H]32)C1.C[C@]1(O)CC[C@H]2[C@@H](CC[C@@H]3[C@@H]2CC[C@]2(C)[C@@H](C(=O)CBr)CC[C@@H]32)C1.C[C@]1(O)CC[C@H]2[C@@H](CC[C@@H]3[C@@H]2CC[C@]2(C)[C@@H](C(=O)CO)CC[C@@H]32)C1.O=C([O-])C(F)(F)F.[Na+]. The van der Waals surface area contributed by atoms with Gasteiger partial charge in [0.05, 0.1) is 44.3 Å². The number of hydrogen-bond acceptors (Lipinski definition) is 16. The Labute approximate surface area is 940 Å². The summed E-state index contributed by atoms with van der Waals surface area (Å²) in [5.41, 5.74) is -1.17. The van der Waals surface area contributed by atoms with Crippen molar-refractivity contribution in [3.05, 3.63) is 0 Å². The number of halogens is 5. The maximum absolute atomic E-state index is 12.5. The molecule has 24 rings (SSSR count). The molecule has 0 saturated heterocycles. The Hall–Kier alpha value is -1.08. The molecule has 24 saturated carbocycles. The van der Waals surface area contributed by atoms with Crippen molar-refractivity contribution in [1.29, 1.82) is 0 Å². The number of aliphatic hydroxyl groups is 8. The second kappa shape index (κ2) is 45.8. The van der Waals surface area contributed by atoms with Gasteiger partial charge in [0.2, 0.25) is 0 Å². The van der Waals surface area contributed by atoms with Gasteiger partial charge in [-0.1, -0.05) is 73.4 Å². The van der Waals surface area contributed by atoms with E-state index in [4.69, 9.17) is 9.90 Å². The van der Waals surface area contributed by atoms with Crippen molar-refractivity contribution in [3.63, 3.8) is 0 Å². The van der Waals surface area contributed by atoms with Gasteiger partial charge in [0.25, 0.3) is 0 Å². The summed E-state index contributed by atoms with van der Waals surface area (Å²) in [7, 11) is 0. The number of hydrogen-bond donors (Lipinski definition) is 8. The molecule has 22 heteroatoms. The molecule has 24 aliphatic rings. The third-order valence-corrected chi connectivity index (χ3v) is 53.9. The minimum absolute atomic E-state index is 0. The molecular formula is C128H202Br2F3NaO16. The van der Waals surface area contributed by atoms with Crippen LogP contribution in [0.5, 0.6) is 0 Å². The van der Waals surface area contributed by atoms with Crippen molar-refractivity contribution in [3.8, 4) is 0 Å². The molecule has 0 radical (unpaired) electrons. The second-order valence-corrected chi connectivity index (χ2v) is 61.7. The summed E-state index contributed by atoms with van der Waals surface area (Å²) in [6, 6.07) is 0. The average molecular weight is 2240 g/mol. The van der Waals surface area contributed by atoms with E-state index in [1.807, 2.05) is 55.4 Å². The van der Waals surface area contributed by atoms with Crippen molar-refractivity contribution in [2.45, 2.75) is 483 Å². The normalized spacial score (nSPS) is 52.0. The summed E-state index contributed by atoms with van der Waals surface area (Å²) >= 11 is 6.83. The molecule has 16 nitrogen and oxygen atoms in total. The Morgan fingerprint density at radius 2 is 0.393 bits per heavy atom. The third-order valence-electron chi connectivity index (χ3n) is 52.8. The van der Waals surface area contributed by atoms with E-state index in [0.29, 0.717) is 80.1 Å². The summed E-state index contributed by atoms with van der Waals surface area (Å²) in [4.78, 5) is 82.5. The Morgan fingerprint density at radius 3 is 0.547 bits per heavy atom. The first kappa shape index (κ1) is 120. The van der Waals surface area contributed by atoms with E-state index in [9.17, 15) is 82.8 Å². The number of carboxylic acid groups (broad SMARTS) is 1. The van der Waals surface area contributed by atoms with Crippen LogP contribution in [-0.4, -0.2) is 145 Å². The van der Waals surface area contributed by atoms with Crippen LogP contribution in [0.4, 0.5) is 13.2 Å². The third kappa shape index (κ3) is 23.2. The van der Waals surface area contributed by atoms with Crippen LogP contribution in [0.15, 0.2) is 0 Å². The fourth-order valence-electron chi connectivity index (χ4n) is 46.3. The van der Waals surface area contributed by atoms with Crippen molar-refractivity contribution in [1.82, 2.24) is 0 Å². The molecule has 0 aromatic heterocycles. The van der Waals surface area contributed by atoms with Crippen LogP contribution in [0.25, 0.3) is 0 Å². The molecule has 0 amide bonds. The topological polar surface area (TPSA) is 304 Å². The molecule has 0 aromatic rings. The van der Waals surface area contributed by atoms with E-state index >= 15 is 0 Å². The van der Waals surface area contributed by atoms with Gasteiger partial charge in [-0.15, -0.1) is 0 Å². The fraction of sp³-hybridized carbons (Fsp3) is 0.945. The van der Waals surface area contributed by atoms with E-state index in [-0.39, 0.29) is 87.8 Å². The Kier molecular flexibility index (Phi) is 36.6. The molecule has 8 N–H and O–H groups in total. The molecule has 846 valence electrons. The van der Waals surface area contributed by atoms with Gasteiger partial charge in [-0.2, -0.15) is 13.2 Å². The molecule has 48 atom stereocenters. The smallest absolute Gasteiger partial charge is 0.542 e. The van der Waals surface area contributed by atoms with Crippen LogP contribution in [0, 0.1) is 246 Å². The van der Waals surface area contributed by atoms with Gasteiger partial charge < -0.3 is 50.8 Å². The largest absolute Gasteiger partial charge is 1.00 e. The van der Waals surface area contributed by atoms with Crippen LogP contribution in [0.2, 0.25) is 0 Å². The quantitative estimate of drug-likeness (QED) is 0.0745. The van der Waals surface area contributed by atoms with Crippen LogP contribution >= 0.6 is 31.9 Å². The summed E-state index contributed by atoms with van der Waals surface area (Å²) in [5, 5.41) is 91.4. The van der Waals surface area contributed by atoms with E-state index in [0.717, 1.165) is 294 Å². The number of rotatable bonds is 10. The zero-order valence-corrected chi connectivity index (χ0v) is 101. The fourth-order valence-corrected chi connectivity index (χ4v) is 47.1. The van der Waals surface area contributed by atoms with Crippen LogP contribution in [0.1, 0.15) is 444 Å². The van der Waals surface area contributed by atoms with Crippen molar-refractivity contribution in [2.75, 3.05) is 23.9 Å². The molecule has 0 bridgehead atoms. The number of aliphatic hydroxyl groups excluding tert-OH is 2. The predicted octanol–water partition coefficient (Wildman–Crippen LogP) is 22.6. The van der Waals surface area contributed by atoms with Crippen LogP contribution in [0.3, 0.4) is 0 Å². The number of fused-ring (bicyclic) bond motifs is 30. The van der Waals surface area contributed by atoms with Gasteiger partial charge >= 0.3 is 35.7 Å².